The largest absolute Gasteiger partial charge is 0.420 e. The van der Waals surface area contributed by atoms with Crippen LogP contribution >= 0.6 is 0 Å². The maximum absolute atomic E-state index is 13.8. The third kappa shape index (κ3) is 25.7. The van der Waals surface area contributed by atoms with Gasteiger partial charge in [0, 0.05) is 44.6 Å². The number of nitrogens with one attached hydrogen (secondary N) is 3. The molecule has 0 saturated carbocycles. The second kappa shape index (κ2) is 40.9. The number of benzene rings is 3. The van der Waals surface area contributed by atoms with Crippen molar-refractivity contribution in [2.24, 2.45) is 27.6 Å². The number of carbonyl (C=O) groups is 2. The van der Waals surface area contributed by atoms with Crippen molar-refractivity contribution in [3.8, 4) is 16.9 Å². The van der Waals surface area contributed by atoms with Gasteiger partial charge in [0.15, 0.2) is 17.6 Å². The Morgan fingerprint density at radius 2 is 1.13 bits per heavy atom. The highest BCUT2D eigenvalue weighted by atomic mass is 32.2. The summed E-state index contributed by atoms with van der Waals surface area (Å²) in [6.45, 7) is 17.1. The zero-order chi connectivity index (χ0) is 61.8. The van der Waals surface area contributed by atoms with E-state index in [9.17, 15) is 35.6 Å². The molecule has 27 heteroatoms. The minimum Gasteiger partial charge on any atom is -0.420 e. The molecule has 0 aliphatic carbocycles. The molecule has 2 aliphatic rings. The van der Waals surface area contributed by atoms with Gasteiger partial charge in [-0.1, -0.05) is 38.1 Å². The first-order valence-corrected chi connectivity index (χ1v) is 31.0. The minimum absolute atomic E-state index is 0.0153. The number of nitrogens with two attached hydrogens (primary N) is 1. The standard InChI is InChI=1S/C59H87F4N7O15S/c1-4-14-69(15-5-2)58(72)48-36-47-11-10-46(38-52(47)68-53(64)39-48)45-8-7-9-49(37-45)86(73,74)70-42-44(43-70)41-67-59(65-6-3)66-13-17-76-19-21-78-23-25-80-27-29-82-31-33-84-35-34-83-32-30-81-28-26-79-24-22-77-20-18-75-16-12-54(71)85-57-55(62)50(60)40-51(61)56(57)63/h7-11,37-38,40,44,48H,4-6,12-36,39,41-43H2,1-3H3,(H2,64,68)(H2,65,66,67)/p+1. The molecule has 1 atom stereocenters. The molecule has 86 heavy (non-hydrogen) atoms. The van der Waals surface area contributed by atoms with Gasteiger partial charge in [0.25, 0.3) is 0 Å². The van der Waals surface area contributed by atoms with Crippen molar-refractivity contribution in [2.75, 3.05) is 178 Å². The van der Waals surface area contributed by atoms with Gasteiger partial charge in [0.1, 0.15) is 23.8 Å². The fraction of sp³-hybridized carbons (Fsp3) is 0.627. The van der Waals surface area contributed by atoms with E-state index in [1.807, 2.05) is 36.1 Å². The smallest absolute Gasteiger partial charge is 0.325 e. The molecule has 3 aromatic rings. The Morgan fingerprint density at radius 1 is 0.640 bits per heavy atom. The van der Waals surface area contributed by atoms with E-state index in [4.69, 9.17) is 63.1 Å². The number of carbonyl (C=O) groups excluding carboxylic acids is 2. The highest BCUT2D eigenvalue weighted by Crippen LogP contribution is 2.34. The monoisotopic (exact) mass is 1240 g/mol. The van der Waals surface area contributed by atoms with E-state index in [2.05, 4.69) is 29.2 Å². The van der Waals surface area contributed by atoms with Crippen LogP contribution in [0, 0.1) is 35.1 Å². The number of fused-ring (bicyclic) bond motifs is 1. The van der Waals surface area contributed by atoms with Gasteiger partial charge < -0.3 is 73.4 Å². The average molecular weight is 1240 g/mol. The van der Waals surface area contributed by atoms with Crippen LogP contribution in [0.5, 0.6) is 5.75 Å². The Hall–Kier alpha value is -5.43. The number of nitrogens with zero attached hydrogens (tertiary/aromatic N) is 3. The van der Waals surface area contributed by atoms with Crippen molar-refractivity contribution in [3.05, 3.63) is 77.4 Å². The number of aliphatic imine (C=N–C) groups is 2. The number of halogens is 4. The van der Waals surface area contributed by atoms with Crippen LogP contribution in [0.3, 0.4) is 0 Å². The molecule has 1 fully saturated rings. The average Bonchev–Trinajstić information content (AvgIpc) is 2.75. The van der Waals surface area contributed by atoms with Crippen molar-refractivity contribution >= 4 is 39.4 Å². The number of hydrogen-bond acceptors (Lipinski definition) is 18. The minimum atomic E-state index is -3.65. The number of amides is 1. The van der Waals surface area contributed by atoms with Crippen LogP contribution in [0.2, 0.25) is 0 Å². The molecule has 1 unspecified atom stereocenters. The molecule has 3 aromatic carbocycles. The normalized spacial score (nSPS) is 16.1. The van der Waals surface area contributed by atoms with Crippen molar-refractivity contribution < 1.29 is 92.0 Å². The Bertz CT molecular complexity index is 2630. The fourth-order valence-corrected chi connectivity index (χ4v) is 10.7. The number of quaternary nitrogens is 1. The van der Waals surface area contributed by atoms with Gasteiger partial charge in [-0.3, -0.25) is 14.6 Å². The van der Waals surface area contributed by atoms with Crippen LogP contribution in [0.15, 0.2) is 63.4 Å². The first-order valence-electron chi connectivity index (χ1n) is 29.5. The Labute approximate surface area is 502 Å². The van der Waals surface area contributed by atoms with E-state index in [-0.39, 0.29) is 55.1 Å². The Balaban J connectivity index is 0.777. The molecule has 0 spiro atoms. The lowest BCUT2D eigenvalue weighted by molar-refractivity contribution is -0.826. The van der Waals surface area contributed by atoms with E-state index < -0.39 is 51.4 Å². The quantitative estimate of drug-likeness (QED) is 0.0119. The van der Waals surface area contributed by atoms with Crippen LogP contribution in [-0.4, -0.2) is 215 Å². The van der Waals surface area contributed by atoms with E-state index in [0.717, 1.165) is 29.5 Å². The number of guanidine groups is 1. The molecule has 0 radical (unpaired) electrons. The summed E-state index contributed by atoms with van der Waals surface area (Å²) in [6, 6.07) is 12.9. The van der Waals surface area contributed by atoms with Crippen LogP contribution < -0.4 is 25.4 Å². The van der Waals surface area contributed by atoms with Gasteiger partial charge in [0.05, 0.1) is 157 Å². The second-order valence-corrected chi connectivity index (χ2v) is 22.1. The number of ether oxygens (including phenoxy) is 11. The molecule has 0 aromatic heterocycles. The van der Waals surface area contributed by atoms with E-state index in [0.29, 0.717) is 186 Å². The number of rotatable bonds is 45. The maximum atomic E-state index is 13.8. The molecule has 22 nitrogen and oxygen atoms in total. The second-order valence-electron chi connectivity index (χ2n) is 20.0. The van der Waals surface area contributed by atoms with Crippen LogP contribution in [0.1, 0.15) is 52.0 Å². The molecular weight excluding hydrogens is 1150 g/mol. The molecule has 5 N–H and O–H groups in total. The van der Waals surface area contributed by atoms with E-state index in [1.54, 1.807) is 18.2 Å². The summed E-state index contributed by atoms with van der Waals surface area (Å²) in [6.07, 6.45) is 2.31. The summed E-state index contributed by atoms with van der Waals surface area (Å²) in [5.74, 6) is -8.53. The summed E-state index contributed by atoms with van der Waals surface area (Å²) >= 11 is 0. The van der Waals surface area contributed by atoms with Gasteiger partial charge in [0.2, 0.25) is 23.3 Å². The number of sulfonamides is 1. The van der Waals surface area contributed by atoms with Gasteiger partial charge in [-0.2, -0.15) is 17.2 Å². The summed E-state index contributed by atoms with van der Waals surface area (Å²) in [5, 5.41) is 6.51. The zero-order valence-corrected chi connectivity index (χ0v) is 50.7. The SMILES string of the molecule is CCCN(CCC)C(=O)C1CC(N)=Nc2cc(-c3cccc(S(=O)(=O)[NH+]4CC(CN=C(NCC)NCCOCCOCCOCCOCCOCCOCCOCCOCCOCCOCCC(=O)Oc5c(F)c(F)cc(F)c5F)C4)c3)ccc2C1. The summed E-state index contributed by atoms with van der Waals surface area (Å²) in [5.41, 5.74) is 9.60. The summed E-state index contributed by atoms with van der Waals surface area (Å²) < 4.78 is 141. The number of esters is 1. The molecule has 2 heterocycles. The van der Waals surface area contributed by atoms with E-state index in [1.165, 1.54) is 0 Å². The highest BCUT2D eigenvalue weighted by molar-refractivity contribution is 7.85. The molecular formula is C59H88F4N7O15S+. The highest BCUT2D eigenvalue weighted by Gasteiger charge is 2.41. The van der Waals surface area contributed by atoms with Gasteiger partial charge in [-0.15, -0.1) is 0 Å². The van der Waals surface area contributed by atoms with Crippen LogP contribution in [0.4, 0.5) is 23.2 Å². The lowest BCUT2D eigenvalue weighted by atomic mass is 9.93. The van der Waals surface area contributed by atoms with Gasteiger partial charge >= 0.3 is 16.0 Å². The summed E-state index contributed by atoms with van der Waals surface area (Å²) in [4.78, 5) is 36.9. The predicted octanol–water partition coefficient (Wildman–Crippen LogP) is 4.03. The maximum Gasteiger partial charge on any atom is 0.325 e. The number of amidine groups is 1. The van der Waals surface area contributed by atoms with Crippen molar-refractivity contribution in [1.29, 1.82) is 0 Å². The molecule has 482 valence electrons. The topological polar surface area (TPSA) is 252 Å². The third-order valence-electron chi connectivity index (χ3n) is 13.3. The Morgan fingerprint density at radius 3 is 1.63 bits per heavy atom. The first kappa shape index (κ1) is 71.3. The summed E-state index contributed by atoms with van der Waals surface area (Å²) in [7, 11) is -3.65. The van der Waals surface area contributed by atoms with Crippen molar-refractivity contribution in [3.63, 3.8) is 0 Å². The van der Waals surface area contributed by atoms with Gasteiger partial charge in [-0.25, -0.2) is 18.1 Å². The number of hydrogen-bond donors (Lipinski definition) is 4. The predicted molar refractivity (Wildman–Crippen MR) is 312 cm³/mol. The lowest BCUT2D eigenvalue weighted by Gasteiger charge is -2.33. The van der Waals surface area contributed by atoms with Crippen molar-refractivity contribution in [1.82, 2.24) is 15.5 Å². The van der Waals surface area contributed by atoms with Crippen LogP contribution in [0.25, 0.3) is 11.1 Å². The molecule has 5 rings (SSSR count). The van der Waals surface area contributed by atoms with Gasteiger partial charge in [-0.05, 0) is 61.1 Å². The fourth-order valence-electron chi connectivity index (χ4n) is 8.90. The van der Waals surface area contributed by atoms with Crippen LogP contribution in [-0.2, 0) is 73.4 Å². The molecule has 0 bridgehead atoms. The zero-order valence-electron chi connectivity index (χ0n) is 49.9. The lowest BCUT2D eigenvalue weighted by Crippen LogP contribution is -3.21. The molecule has 1 saturated heterocycles. The molecule has 1 amide bonds. The molecule has 2 aliphatic heterocycles. The van der Waals surface area contributed by atoms with E-state index >= 15 is 0 Å². The third-order valence-corrected chi connectivity index (χ3v) is 15.3. The van der Waals surface area contributed by atoms with Crippen molar-refractivity contribution in [2.45, 2.75) is 57.8 Å². The first-order chi connectivity index (χ1) is 41.7. The Kier molecular flexibility index (Phi) is 33.9.